The zero-order valence-electron chi connectivity index (χ0n) is 14.7. The van der Waals surface area contributed by atoms with Crippen LogP contribution in [0.2, 0.25) is 5.02 Å². The molecule has 0 saturated heterocycles. The van der Waals surface area contributed by atoms with Crippen LogP contribution in [0.25, 0.3) is 5.69 Å². The molecule has 3 rings (SSSR count). The van der Waals surface area contributed by atoms with Gasteiger partial charge in [-0.1, -0.05) is 41.4 Å². The van der Waals surface area contributed by atoms with Crippen LogP contribution in [0.15, 0.2) is 58.1 Å². The molecule has 0 saturated carbocycles. The number of hydrogen-bond donors (Lipinski definition) is 0. The zero-order valence-corrected chi connectivity index (χ0v) is 15.4. The third-order valence-corrected chi connectivity index (χ3v) is 4.22. The second-order valence-electron chi connectivity index (χ2n) is 5.89. The zero-order chi connectivity index (χ0) is 19.6. The lowest BCUT2D eigenvalue weighted by molar-refractivity contribution is 0.0588. The van der Waals surface area contributed by atoms with Gasteiger partial charge < -0.3 is 4.74 Å². The number of benzene rings is 2. The number of halogens is 1. The number of aromatic nitrogens is 3. The van der Waals surface area contributed by atoms with Crippen LogP contribution in [0, 0.1) is 6.92 Å². The van der Waals surface area contributed by atoms with E-state index in [1.807, 2.05) is 6.92 Å². The molecule has 7 nitrogen and oxygen atoms in total. The number of aryl methyl sites for hydroxylation is 1. The van der Waals surface area contributed by atoms with Crippen LogP contribution in [-0.2, 0) is 11.3 Å². The van der Waals surface area contributed by atoms with Crippen molar-refractivity contribution in [2.24, 2.45) is 0 Å². The Morgan fingerprint density at radius 3 is 2.30 bits per heavy atom. The Hall–Kier alpha value is -3.19. The second-order valence-corrected chi connectivity index (χ2v) is 6.32. The molecule has 27 heavy (non-hydrogen) atoms. The van der Waals surface area contributed by atoms with Gasteiger partial charge in [0.15, 0.2) is 0 Å². The Kier molecular flexibility index (Phi) is 5.23. The van der Waals surface area contributed by atoms with Crippen LogP contribution in [0.3, 0.4) is 0 Å². The Morgan fingerprint density at radius 2 is 1.70 bits per heavy atom. The Bertz CT molecular complexity index is 1100. The number of carbonyl (C=O) groups excluding carboxylic acids is 1. The highest BCUT2D eigenvalue weighted by Crippen LogP contribution is 2.10. The number of rotatable bonds is 4. The summed E-state index contributed by atoms with van der Waals surface area (Å²) in [6.45, 7) is 1.87. The summed E-state index contributed by atoms with van der Waals surface area (Å²) in [5, 5.41) is 4.47. The fraction of sp³-hybridized carbons (Fsp3) is 0.158. The van der Waals surface area contributed by atoms with Crippen molar-refractivity contribution in [3.8, 4) is 5.69 Å². The quantitative estimate of drug-likeness (QED) is 0.643. The van der Waals surface area contributed by atoms with Gasteiger partial charge in [-0.15, -0.1) is 0 Å². The first-order valence-corrected chi connectivity index (χ1v) is 8.42. The molecule has 0 aliphatic carbocycles. The highest BCUT2D eigenvalue weighted by atomic mass is 35.5. The average Bonchev–Trinajstić information content (AvgIpc) is 2.67. The maximum Gasteiger partial charge on any atom is 0.364 e. The molecule has 0 fully saturated rings. The fourth-order valence-electron chi connectivity index (χ4n) is 2.51. The van der Waals surface area contributed by atoms with Gasteiger partial charge in [-0.3, -0.25) is 9.36 Å². The van der Waals surface area contributed by atoms with E-state index in [1.165, 1.54) is 0 Å². The first kappa shape index (κ1) is 18.6. The number of methoxy groups -OCH3 is 1. The molecule has 0 unspecified atom stereocenters. The van der Waals surface area contributed by atoms with Crippen molar-refractivity contribution in [1.29, 1.82) is 0 Å². The SMILES string of the molecule is COC(=O)c1nn(-c2ccc(C)cc2)c(=O)n(Cc2ccc(Cl)cc2)c1=O. The van der Waals surface area contributed by atoms with E-state index >= 15 is 0 Å². The third kappa shape index (κ3) is 3.83. The second kappa shape index (κ2) is 7.59. The molecule has 0 radical (unpaired) electrons. The molecule has 0 spiro atoms. The van der Waals surface area contributed by atoms with Crippen LogP contribution in [-0.4, -0.2) is 27.4 Å². The highest BCUT2D eigenvalue weighted by Gasteiger charge is 2.20. The lowest BCUT2D eigenvalue weighted by atomic mass is 10.2. The van der Waals surface area contributed by atoms with E-state index in [2.05, 4.69) is 9.84 Å². The maximum atomic E-state index is 12.9. The summed E-state index contributed by atoms with van der Waals surface area (Å²) >= 11 is 5.88. The van der Waals surface area contributed by atoms with Gasteiger partial charge in [0, 0.05) is 5.02 Å². The molecule has 3 aromatic rings. The number of hydrogen-bond acceptors (Lipinski definition) is 5. The summed E-state index contributed by atoms with van der Waals surface area (Å²) in [6.07, 6.45) is 0. The monoisotopic (exact) mass is 385 g/mol. The average molecular weight is 386 g/mol. The maximum absolute atomic E-state index is 12.9. The molecule has 0 aliphatic rings. The number of ether oxygens (including phenoxy) is 1. The first-order valence-electron chi connectivity index (χ1n) is 8.04. The lowest BCUT2D eigenvalue weighted by Gasteiger charge is -2.11. The lowest BCUT2D eigenvalue weighted by Crippen LogP contribution is -2.44. The summed E-state index contributed by atoms with van der Waals surface area (Å²) in [5.41, 5.74) is 0.161. The van der Waals surface area contributed by atoms with E-state index in [9.17, 15) is 14.4 Å². The standard InChI is InChI=1S/C19H16ClN3O4/c1-12-3-9-15(10-4-12)23-19(26)22(11-13-5-7-14(20)8-6-13)17(24)16(21-23)18(25)27-2/h3-10H,11H2,1-2H3. The van der Waals surface area contributed by atoms with Gasteiger partial charge in [-0.05, 0) is 36.8 Å². The van der Waals surface area contributed by atoms with Gasteiger partial charge in [0.25, 0.3) is 5.56 Å². The summed E-state index contributed by atoms with van der Waals surface area (Å²) in [6, 6.07) is 13.7. The number of esters is 1. The predicted octanol–water partition coefficient (Wildman–Crippen LogP) is 2.19. The van der Waals surface area contributed by atoms with Crippen LogP contribution < -0.4 is 11.2 Å². The summed E-state index contributed by atoms with van der Waals surface area (Å²) in [4.78, 5) is 37.6. The molecule has 0 atom stereocenters. The predicted molar refractivity (Wildman–Crippen MR) is 101 cm³/mol. The smallest absolute Gasteiger partial charge is 0.364 e. The number of carbonyl (C=O) groups is 1. The van der Waals surface area contributed by atoms with E-state index in [1.54, 1.807) is 48.5 Å². The summed E-state index contributed by atoms with van der Waals surface area (Å²) < 4.78 is 6.60. The molecule has 0 aliphatic heterocycles. The summed E-state index contributed by atoms with van der Waals surface area (Å²) in [7, 11) is 1.15. The molecule has 138 valence electrons. The summed E-state index contributed by atoms with van der Waals surface area (Å²) in [5.74, 6) is -0.911. The van der Waals surface area contributed by atoms with Gasteiger partial charge in [0.05, 0.1) is 19.3 Å². The molecule has 8 heteroatoms. The van der Waals surface area contributed by atoms with Gasteiger partial charge in [0.1, 0.15) is 0 Å². The van der Waals surface area contributed by atoms with Crippen molar-refractivity contribution in [3.63, 3.8) is 0 Å². The van der Waals surface area contributed by atoms with Crippen LogP contribution in [0.1, 0.15) is 21.6 Å². The Balaban J connectivity index is 2.21. The van der Waals surface area contributed by atoms with Crippen molar-refractivity contribution in [2.75, 3.05) is 7.11 Å². The van der Waals surface area contributed by atoms with Crippen molar-refractivity contribution < 1.29 is 9.53 Å². The van der Waals surface area contributed by atoms with E-state index in [4.69, 9.17) is 11.6 Å². The molecule has 0 N–H and O–H groups in total. The van der Waals surface area contributed by atoms with E-state index < -0.39 is 22.9 Å². The molecule has 0 bridgehead atoms. The van der Waals surface area contributed by atoms with E-state index in [-0.39, 0.29) is 6.54 Å². The molecule has 1 heterocycles. The largest absolute Gasteiger partial charge is 0.464 e. The van der Waals surface area contributed by atoms with Gasteiger partial charge >= 0.3 is 11.7 Å². The van der Waals surface area contributed by atoms with E-state index in [0.717, 1.165) is 21.9 Å². The van der Waals surface area contributed by atoms with Crippen LogP contribution in [0.4, 0.5) is 0 Å². The molecule has 0 amide bonds. The minimum absolute atomic E-state index is 0.0345. The van der Waals surface area contributed by atoms with Gasteiger partial charge in [0.2, 0.25) is 5.69 Å². The third-order valence-electron chi connectivity index (χ3n) is 3.97. The van der Waals surface area contributed by atoms with Crippen molar-refractivity contribution >= 4 is 17.6 Å². The Labute approximate surface area is 159 Å². The highest BCUT2D eigenvalue weighted by molar-refractivity contribution is 6.30. The molecular weight excluding hydrogens is 370 g/mol. The fourth-order valence-corrected chi connectivity index (χ4v) is 2.63. The first-order chi connectivity index (χ1) is 12.9. The topological polar surface area (TPSA) is 83.2 Å². The number of nitrogens with zero attached hydrogens (tertiary/aromatic N) is 3. The van der Waals surface area contributed by atoms with Crippen molar-refractivity contribution in [1.82, 2.24) is 14.3 Å². The minimum atomic E-state index is -0.911. The van der Waals surface area contributed by atoms with Crippen LogP contribution in [0.5, 0.6) is 0 Å². The molecular formula is C19H16ClN3O4. The van der Waals surface area contributed by atoms with Gasteiger partial charge in [-0.25, -0.2) is 9.59 Å². The van der Waals surface area contributed by atoms with Crippen molar-refractivity contribution in [2.45, 2.75) is 13.5 Å². The molecule has 2 aromatic carbocycles. The molecule has 1 aromatic heterocycles. The van der Waals surface area contributed by atoms with Crippen LogP contribution >= 0.6 is 11.6 Å². The normalized spacial score (nSPS) is 10.6. The Morgan fingerprint density at radius 1 is 1.07 bits per heavy atom. The minimum Gasteiger partial charge on any atom is -0.464 e. The van der Waals surface area contributed by atoms with E-state index in [0.29, 0.717) is 16.3 Å². The van der Waals surface area contributed by atoms with Crippen molar-refractivity contribution in [3.05, 3.63) is 91.2 Å². The van der Waals surface area contributed by atoms with Gasteiger partial charge in [-0.2, -0.15) is 9.78 Å².